The molecule has 1 rings (SSSR count). The SMILES string of the molecule is C/C(=C\C(C)C)c1ccc(OCCC[SiH3])cc1. The number of allylic oxidation sites excluding steroid dienone is 2. The Kier molecular flexibility index (Phi) is 6.05. The molecule has 0 aliphatic heterocycles. The summed E-state index contributed by atoms with van der Waals surface area (Å²) in [5.74, 6) is 1.58. The summed E-state index contributed by atoms with van der Waals surface area (Å²) in [6.07, 6.45) is 3.47. The normalized spacial score (nSPS) is 12.1. The molecule has 0 unspecified atom stereocenters. The Morgan fingerprint density at radius 1 is 1.29 bits per heavy atom. The van der Waals surface area contributed by atoms with Gasteiger partial charge in [0.15, 0.2) is 0 Å². The maximum Gasteiger partial charge on any atom is 0.119 e. The Bertz CT molecular complexity index is 352. The molecule has 0 radical (unpaired) electrons. The van der Waals surface area contributed by atoms with Gasteiger partial charge in [-0.15, -0.1) is 0 Å². The van der Waals surface area contributed by atoms with Crippen LogP contribution in [0.3, 0.4) is 0 Å². The lowest BCUT2D eigenvalue weighted by atomic mass is 10.0. The van der Waals surface area contributed by atoms with Crippen LogP contribution < -0.4 is 4.74 Å². The molecule has 0 saturated carbocycles. The van der Waals surface area contributed by atoms with Crippen molar-refractivity contribution in [1.82, 2.24) is 0 Å². The molecule has 0 fully saturated rings. The molecule has 0 spiro atoms. The molecule has 0 amide bonds. The average Bonchev–Trinajstić information content (AvgIpc) is 2.29. The minimum Gasteiger partial charge on any atom is -0.494 e. The minimum absolute atomic E-state index is 0.597. The van der Waals surface area contributed by atoms with Gasteiger partial charge in [0.1, 0.15) is 5.75 Å². The zero-order chi connectivity index (χ0) is 12.7. The van der Waals surface area contributed by atoms with E-state index in [0.29, 0.717) is 5.92 Å². The highest BCUT2D eigenvalue weighted by molar-refractivity contribution is 6.08. The summed E-state index contributed by atoms with van der Waals surface area (Å²) >= 11 is 0. The molecule has 0 bridgehead atoms. The number of rotatable bonds is 6. The first-order valence-corrected chi connectivity index (χ1v) is 7.96. The van der Waals surface area contributed by atoms with Crippen LogP contribution in [0, 0.1) is 5.92 Å². The van der Waals surface area contributed by atoms with Gasteiger partial charge in [0, 0.05) is 10.2 Å². The Balaban J connectivity index is 2.61. The van der Waals surface area contributed by atoms with Crippen LogP contribution in [0.4, 0.5) is 0 Å². The predicted octanol–water partition coefficient (Wildman–Crippen LogP) is 3.30. The van der Waals surface area contributed by atoms with Crippen LogP contribution >= 0.6 is 0 Å². The highest BCUT2D eigenvalue weighted by atomic mass is 28.1. The smallest absolute Gasteiger partial charge is 0.119 e. The number of hydrogen-bond acceptors (Lipinski definition) is 1. The molecular formula is C15H24OSi. The Labute approximate surface area is 108 Å². The van der Waals surface area contributed by atoms with E-state index in [1.54, 1.807) is 0 Å². The van der Waals surface area contributed by atoms with Gasteiger partial charge in [-0.3, -0.25) is 0 Å². The Morgan fingerprint density at radius 3 is 2.47 bits per heavy atom. The van der Waals surface area contributed by atoms with Gasteiger partial charge in [-0.2, -0.15) is 0 Å². The third kappa shape index (κ3) is 5.22. The second-order valence-corrected chi connectivity index (χ2v) is 5.82. The molecule has 0 aliphatic rings. The Hall–Kier alpha value is -1.02. The van der Waals surface area contributed by atoms with Crippen molar-refractivity contribution in [2.24, 2.45) is 5.92 Å². The van der Waals surface area contributed by atoms with E-state index in [1.165, 1.54) is 33.8 Å². The molecule has 2 heteroatoms. The molecule has 0 aromatic heterocycles. The molecule has 0 N–H and O–H groups in total. The van der Waals surface area contributed by atoms with Crippen molar-refractivity contribution >= 4 is 15.8 Å². The Morgan fingerprint density at radius 2 is 1.94 bits per heavy atom. The molecule has 1 aromatic carbocycles. The third-order valence-electron chi connectivity index (χ3n) is 2.66. The van der Waals surface area contributed by atoms with Crippen LogP contribution in [-0.4, -0.2) is 16.8 Å². The second kappa shape index (κ2) is 7.33. The summed E-state index contributed by atoms with van der Waals surface area (Å²) in [4.78, 5) is 0. The molecule has 94 valence electrons. The summed E-state index contributed by atoms with van der Waals surface area (Å²) in [5.41, 5.74) is 2.63. The quantitative estimate of drug-likeness (QED) is 0.554. The lowest BCUT2D eigenvalue weighted by Gasteiger charge is -2.07. The zero-order valence-electron chi connectivity index (χ0n) is 11.5. The van der Waals surface area contributed by atoms with Crippen LogP contribution in [0.5, 0.6) is 5.75 Å². The molecule has 1 aromatic rings. The van der Waals surface area contributed by atoms with E-state index in [1.807, 2.05) is 0 Å². The number of benzene rings is 1. The van der Waals surface area contributed by atoms with Crippen LogP contribution in [0.2, 0.25) is 6.04 Å². The highest BCUT2D eigenvalue weighted by Gasteiger charge is 1.98. The van der Waals surface area contributed by atoms with Crippen molar-refractivity contribution in [3.05, 3.63) is 35.9 Å². The molecular weight excluding hydrogens is 224 g/mol. The first-order chi connectivity index (χ1) is 8.13. The van der Waals surface area contributed by atoms with E-state index < -0.39 is 0 Å². The van der Waals surface area contributed by atoms with Crippen LogP contribution in [-0.2, 0) is 0 Å². The van der Waals surface area contributed by atoms with Crippen LogP contribution in [0.1, 0.15) is 32.8 Å². The molecule has 0 heterocycles. The summed E-state index contributed by atoms with van der Waals surface area (Å²) < 4.78 is 5.66. The summed E-state index contributed by atoms with van der Waals surface area (Å²) in [7, 11) is 1.27. The van der Waals surface area contributed by atoms with Crippen molar-refractivity contribution in [2.45, 2.75) is 33.2 Å². The standard InChI is InChI=1S/C15H24OSi/c1-12(2)11-13(3)14-5-7-15(8-6-14)16-9-4-10-17/h5-8,11-12H,4,9-10H2,1-3,17H3/b13-11+. The zero-order valence-corrected chi connectivity index (χ0v) is 13.5. The van der Waals surface area contributed by atoms with E-state index in [4.69, 9.17) is 4.74 Å². The van der Waals surface area contributed by atoms with Gasteiger partial charge in [-0.25, -0.2) is 0 Å². The summed E-state index contributed by atoms with van der Waals surface area (Å²) in [5, 5.41) is 0. The average molecular weight is 248 g/mol. The van der Waals surface area contributed by atoms with Crippen molar-refractivity contribution in [1.29, 1.82) is 0 Å². The van der Waals surface area contributed by atoms with Gasteiger partial charge in [-0.05, 0) is 42.5 Å². The second-order valence-electron chi connectivity index (χ2n) is 4.82. The lowest BCUT2D eigenvalue weighted by Crippen LogP contribution is -1.96. The fourth-order valence-corrected chi connectivity index (χ4v) is 2.03. The van der Waals surface area contributed by atoms with Crippen LogP contribution in [0.15, 0.2) is 30.3 Å². The molecule has 0 aliphatic carbocycles. The van der Waals surface area contributed by atoms with E-state index in [2.05, 4.69) is 51.1 Å². The van der Waals surface area contributed by atoms with Gasteiger partial charge in [0.05, 0.1) is 6.61 Å². The van der Waals surface area contributed by atoms with Crippen molar-refractivity contribution in [2.75, 3.05) is 6.61 Å². The van der Waals surface area contributed by atoms with E-state index >= 15 is 0 Å². The lowest BCUT2D eigenvalue weighted by molar-refractivity contribution is 0.317. The van der Waals surface area contributed by atoms with Crippen molar-refractivity contribution in [3.8, 4) is 5.75 Å². The van der Waals surface area contributed by atoms with Gasteiger partial charge >= 0.3 is 0 Å². The monoisotopic (exact) mass is 248 g/mol. The highest BCUT2D eigenvalue weighted by Crippen LogP contribution is 2.19. The predicted molar refractivity (Wildman–Crippen MR) is 79.8 cm³/mol. The maximum atomic E-state index is 5.66. The minimum atomic E-state index is 0.597. The molecule has 0 saturated heterocycles. The van der Waals surface area contributed by atoms with Crippen LogP contribution in [0.25, 0.3) is 5.57 Å². The van der Waals surface area contributed by atoms with E-state index in [-0.39, 0.29) is 0 Å². The molecule has 0 atom stereocenters. The fourth-order valence-electron chi connectivity index (χ4n) is 1.74. The molecule has 1 nitrogen and oxygen atoms in total. The summed E-state index contributed by atoms with van der Waals surface area (Å²) in [6, 6.07) is 9.74. The van der Waals surface area contributed by atoms with E-state index in [9.17, 15) is 0 Å². The first-order valence-electron chi connectivity index (χ1n) is 6.55. The largest absolute Gasteiger partial charge is 0.494 e. The third-order valence-corrected chi connectivity index (χ3v) is 3.37. The van der Waals surface area contributed by atoms with Gasteiger partial charge in [0.25, 0.3) is 0 Å². The molecule has 17 heavy (non-hydrogen) atoms. The van der Waals surface area contributed by atoms with Gasteiger partial charge in [-0.1, -0.05) is 38.1 Å². The van der Waals surface area contributed by atoms with Crippen molar-refractivity contribution < 1.29 is 4.74 Å². The maximum absolute atomic E-state index is 5.66. The van der Waals surface area contributed by atoms with Gasteiger partial charge in [0.2, 0.25) is 0 Å². The fraction of sp³-hybridized carbons (Fsp3) is 0.467. The first kappa shape index (κ1) is 14.0. The van der Waals surface area contributed by atoms with Gasteiger partial charge < -0.3 is 4.74 Å². The van der Waals surface area contributed by atoms with Crippen molar-refractivity contribution in [3.63, 3.8) is 0 Å². The van der Waals surface area contributed by atoms with E-state index in [0.717, 1.165) is 12.4 Å². The number of hydrogen-bond donors (Lipinski definition) is 0. The number of ether oxygens (including phenoxy) is 1. The summed E-state index contributed by atoms with van der Waals surface area (Å²) in [6.45, 7) is 7.42. The topological polar surface area (TPSA) is 9.23 Å².